The van der Waals surface area contributed by atoms with Crippen molar-refractivity contribution in [2.75, 3.05) is 13.2 Å². The number of aromatic nitrogens is 1. The second-order valence-corrected chi connectivity index (χ2v) is 6.49. The van der Waals surface area contributed by atoms with Crippen molar-refractivity contribution in [1.29, 1.82) is 0 Å². The molecule has 1 saturated heterocycles. The summed E-state index contributed by atoms with van der Waals surface area (Å²) in [5.74, 6) is -0.439. The monoisotopic (exact) mass is 350 g/mol. The maximum atomic E-state index is 13.0. The molecule has 2 N–H and O–H groups in total. The Morgan fingerprint density at radius 3 is 2.84 bits per heavy atom. The lowest BCUT2D eigenvalue weighted by atomic mass is 9.80. The van der Waals surface area contributed by atoms with Crippen LogP contribution in [0.2, 0.25) is 0 Å². The van der Waals surface area contributed by atoms with Gasteiger partial charge in [0.1, 0.15) is 0 Å². The molecule has 0 unspecified atom stereocenters. The van der Waals surface area contributed by atoms with Gasteiger partial charge < -0.3 is 29.0 Å². The van der Waals surface area contributed by atoms with Crippen LogP contribution in [0.3, 0.4) is 0 Å². The molecule has 8 nitrogen and oxygen atoms in total. The number of carbonyl (C=O) groups is 1. The van der Waals surface area contributed by atoms with Gasteiger partial charge in [-0.15, -0.1) is 0 Å². The normalized spacial score (nSPS) is 22.4. The number of amides is 1. The molecule has 2 aliphatic heterocycles. The van der Waals surface area contributed by atoms with E-state index in [2.05, 4.69) is 0 Å². The molecule has 2 atom stereocenters. The minimum absolute atomic E-state index is 0.00158. The van der Waals surface area contributed by atoms with Crippen LogP contribution < -0.4 is 15.6 Å². The highest BCUT2D eigenvalue weighted by Gasteiger charge is 2.41. The van der Waals surface area contributed by atoms with Gasteiger partial charge in [0.25, 0.3) is 5.91 Å². The van der Waals surface area contributed by atoms with E-state index in [1.54, 1.807) is 9.47 Å². The van der Waals surface area contributed by atoms with Gasteiger partial charge in [0.05, 0.1) is 19.8 Å². The molecule has 0 bridgehead atoms. The van der Waals surface area contributed by atoms with E-state index in [0.29, 0.717) is 13.2 Å². The van der Waals surface area contributed by atoms with Crippen molar-refractivity contribution in [3.05, 3.63) is 22.1 Å². The third-order valence-electron chi connectivity index (χ3n) is 4.71. The second kappa shape index (κ2) is 7.19. The first-order chi connectivity index (χ1) is 12.0. The lowest BCUT2D eigenvalue weighted by molar-refractivity contribution is -0.112. The Balaban J connectivity index is 2.10. The van der Waals surface area contributed by atoms with Crippen LogP contribution in [-0.4, -0.2) is 58.0 Å². The highest BCUT2D eigenvalue weighted by atomic mass is 16.5. The lowest BCUT2D eigenvalue weighted by Gasteiger charge is -2.44. The number of ether oxygens (including phenoxy) is 2. The molecule has 3 heterocycles. The summed E-state index contributed by atoms with van der Waals surface area (Å²) in [4.78, 5) is 27.3. The first-order valence-corrected chi connectivity index (χ1v) is 8.66. The molecule has 0 aliphatic carbocycles. The molecule has 1 aromatic heterocycles. The summed E-state index contributed by atoms with van der Waals surface area (Å²) in [6, 6.07) is 0.00158. The number of carbonyl (C=O) groups excluding carboxylic acids is 1. The van der Waals surface area contributed by atoms with Gasteiger partial charge in [-0.3, -0.25) is 9.59 Å². The number of rotatable bonds is 5. The predicted molar refractivity (Wildman–Crippen MR) is 90.9 cm³/mol. The van der Waals surface area contributed by atoms with Crippen molar-refractivity contribution in [3.63, 3.8) is 0 Å². The Bertz CT molecular complexity index is 719. The molecule has 2 aliphatic rings. The Morgan fingerprint density at radius 2 is 2.16 bits per heavy atom. The zero-order chi connectivity index (χ0) is 18.1. The summed E-state index contributed by atoms with van der Waals surface area (Å²) in [6.45, 7) is 5.09. The zero-order valence-electron chi connectivity index (χ0n) is 14.5. The van der Waals surface area contributed by atoms with Crippen molar-refractivity contribution in [1.82, 2.24) is 9.47 Å². The smallest absolute Gasteiger partial charge is 0.487 e. The third-order valence-corrected chi connectivity index (χ3v) is 4.71. The Labute approximate surface area is 146 Å². The quantitative estimate of drug-likeness (QED) is 0.538. The maximum Gasteiger partial charge on any atom is 0.494 e. The van der Waals surface area contributed by atoms with Gasteiger partial charge in [-0.25, -0.2) is 0 Å². The van der Waals surface area contributed by atoms with Gasteiger partial charge in [-0.1, -0.05) is 13.3 Å². The predicted octanol–water partition coefficient (Wildman–Crippen LogP) is -0.702. The van der Waals surface area contributed by atoms with Crippen molar-refractivity contribution in [2.45, 2.75) is 51.9 Å². The van der Waals surface area contributed by atoms with Crippen LogP contribution >= 0.6 is 0 Å². The number of fused-ring (bicyclic) bond motifs is 2. The summed E-state index contributed by atoms with van der Waals surface area (Å²) in [5.41, 5.74) is -0.714. The molecular weight excluding hydrogens is 327 g/mol. The standard InChI is InChI=1S/C16H23BN2O6/c1-3-4-6-25-15-13-16(21)19-10(2)5-7-24-12(19)9-18(13)8-11(14(15)20)17(22)23/h8,10,12,22-23H,3-7,9H2,1-2H3/t10-,12+/m1/s1. The van der Waals surface area contributed by atoms with Gasteiger partial charge in [-0.2, -0.15) is 0 Å². The van der Waals surface area contributed by atoms with E-state index in [1.165, 1.54) is 6.20 Å². The van der Waals surface area contributed by atoms with Gasteiger partial charge >= 0.3 is 7.12 Å². The summed E-state index contributed by atoms with van der Waals surface area (Å²) in [5, 5.41) is 19.0. The highest BCUT2D eigenvalue weighted by molar-refractivity contribution is 6.58. The topological polar surface area (TPSA) is 101 Å². The largest absolute Gasteiger partial charge is 0.494 e. The average Bonchev–Trinajstić information content (AvgIpc) is 2.56. The maximum absolute atomic E-state index is 13.0. The molecule has 0 saturated carbocycles. The van der Waals surface area contributed by atoms with Crippen molar-refractivity contribution < 1.29 is 24.3 Å². The Morgan fingerprint density at radius 1 is 1.40 bits per heavy atom. The van der Waals surface area contributed by atoms with Gasteiger partial charge in [0.15, 0.2) is 17.7 Å². The Kier molecular flexibility index (Phi) is 5.17. The molecular formula is C16H23BN2O6. The van der Waals surface area contributed by atoms with E-state index in [4.69, 9.17) is 9.47 Å². The molecule has 1 fully saturated rings. The van der Waals surface area contributed by atoms with Crippen LogP contribution in [-0.2, 0) is 11.3 Å². The molecule has 0 spiro atoms. The SMILES string of the molecule is CCCCOc1c2n(cc(B(O)O)c1=O)C[C@@H]1OCC[C@@H](C)N1C2=O. The lowest BCUT2D eigenvalue weighted by Crippen LogP contribution is -2.58. The molecule has 0 radical (unpaired) electrons. The molecule has 9 heteroatoms. The number of nitrogens with zero attached hydrogens (tertiary/aromatic N) is 2. The number of hydrogen-bond acceptors (Lipinski definition) is 6. The number of hydrogen-bond donors (Lipinski definition) is 2. The molecule has 1 amide bonds. The van der Waals surface area contributed by atoms with Crippen molar-refractivity contribution >= 4 is 18.5 Å². The second-order valence-electron chi connectivity index (χ2n) is 6.49. The van der Waals surface area contributed by atoms with Crippen LogP contribution in [0.1, 0.15) is 43.6 Å². The number of pyridine rings is 1. The van der Waals surface area contributed by atoms with Crippen LogP contribution in [0.25, 0.3) is 0 Å². The summed E-state index contributed by atoms with van der Waals surface area (Å²) in [7, 11) is -1.93. The first kappa shape index (κ1) is 18.0. The summed E-state index contributed by atoms with van der Waals surface area (Å²) in [6.07, 6.45) is 3.21. The third kappa shape index (κ3) is 3.19. The van der Waals surface area contributed by atoms with Crippen molar-refractivity contribution in [3.8, 4) is 5.75 Å². The van der Waals surface area contributed by atoms with E-state index in [-0.39, 0.29) is 35.5 Å². The minimum Gasteiger partial charge on any atom is -0.487 e. The van der Waals surface area contributed by atoms with Crippen LogP contribution in [0, 0.1) is 0 Å². The fourth-order valence-electron chi connectivity index (χ4n) is 3.30. The van der Waals surface area contributed by atoms with E-state index < -0.39 is 18.8 Å². The molecule has 3 rings (SSSR count). The molecule has 0 aromatic carbocycles. The van der Waals surface area contributed by atoms with Gasteiger partial charge in [-0.05, 0) is 19.8 Å². The van der Waals surface area contributed by atoms with E-state index >= 15 is 0 Å². The van der Waals surface area contributed by atoms with Crippen molar-refractivity contribution in [2.24, 2.45) is 0 Å². The fourth-order valence-corrected chi connectivity index (χ4v) is 3.30. The summed E-state index contributed by atoms with van der Waals surface area (Å²) >= 11 is 0. The van der Waals surface area contributed by atoms with Crippen LogP contribution in [0.5, 0.6) is 5.75 Å². The van der Waals surface area contributed by atoms with E-state index in [1.807, 2.05) is 13.8 Å². The van der Waals surface area contributed by atoms with Gasteiger partial charge in [0, 0.05) is 17.7 Å². The first-order valence-electron chi connectivity index (χ1n) is 8.66. The van der Waals surface area contributed by atoms with Crippen LogP contribution in [0.4, 0.5) is 0 Å². The Hall–Kier alpha value is -1.84. The number of unbranched alkanes of at least 4 members (excludes halogenated alkanes) is 1. The highest BCUT2D eigenvalue weighted by Crippen LogP contribution is 2.28. The molecule has 136 valence electrons. The zero-order valence-corrected chi connectivity index (χ0v) is 14.5. The molecule has 25 heavy (non-hydrogen) atoms. The van der Waals surface area contributed by atoms with Gasteiger partial charge in [0.2, 0.25) is 5.43 Å². The fraction of sp³-hybridized carbons (Fsp3) is 0.625. The van der Waals surface area contributed by atoms with E-state index in [0.717, 1.165) is 19.3 Å². The average molecular weight is 350 g/mol. The summed E-state index contributed by atoms with van der Waals surface area (Å²) < 4.78 is 12.8. The molecule has 1 aromatic rings. The van der Waals surface area contributed by atoms with Crippen LogP contribution in [0.15, 0.2) is 11.0 Å². The minimum atomic E-state index is -1.93. The van der Waals surface area contributed by atoms with E-state index in [9.17, 15) is 19.6 Å².